The molecular formula is C16H26FN4O8P. The summed E-state index contributed by atoms with van der Waals surface area (Å²) in [5.41, 5.74) is 2.06. The molecule has 1 aliphatic rings. The van der Waals surface area contributed by atoms with E-state index >= 15 is 4.39 Å². The van der Waals surface area contributed by atoms with Crippen molar-refractivity contribution in [1.82, 2.24) is 14.6 Å². The van der Waals surface area contributed by atoms with E-state index in [1.165, 1.54) is 6.07 Å². The monoisotopic (exact) mass is 452 g/mol. The normalized spacial score (nSPS) is 29.5. The second-order valence-corrected chi connectivity index (χ2v) is 8.91. The third kappa shape index (κ3) is 5.23. The molecule has 14 heteroatoms. The molecule has 0 aromatic carbocycles. The largest absolute Gasteiger partial charge is 0.468 e. The molecule has 170 valence electrons. The average Bonchev–Trinajstić information content (AvgIpc) is 2.87. The molecule has 2 heterocycles. The molecule has 1 unspecified atom stereocenters. The van der Waals surface area contributed by atoms with E-state index in [1.807, 2.05) is 0 Å². The van der Waals surface area contributed by atoms with Crippen molar-refractivity contribution >= 4 is 19.5 Å². The van der Waals surface area contributed by atoms with Gasteiger partial charge in [0.25, 0.3) is 0 Å². The van der Waals surface area contributed by atoms with Gasteiger partial charge in [0.2, 0.25) is 0 Å². The van der Waals surface area contributed by atoms with Gasteiger partial charge in [-0.1, -0.05) is 13.8 Å². The number of hydrogen-bond acceptors (Lipinski definition) is 9. The summed E-state index contributed by atoms with van der Waals surface area (Å²) in [5.74, 6) is -1.25. The number of rotatable bonds is 8. The summed E-state index contributed by atoms with van der Waals surface area (Å²) in [4.78, 5) is 37.2. The van der Waals surface area contributed by atoms with E-state index in [-0.39, 0.29) is 5.82 Å². The fourth-order valence-corrected chi connectivity index (χ4v) is 4.12. The summed E-state index contributed by atoms with van der Waals surface area (Å²) in [6.45, 7) is 3.54. The van der Waals surface area contributed by atoms with Crippen molar-refractivity contribution < 1.29 is 37.7 Å². The molecule has 30 heavy (non-hydrogen) atoms. The highest BCUT2D eigenvalue weighted by molar-refractivity contribution is 7.50. The Kier molecular flexibility index (Phi) is 7.38. The van der Waals surface area contributed by atoms with Crippen LogP contribution in [0.15, 0.2) is 17.1 Å². The molecule has 0 amide bonds. The highest BCUT2D eigenvalue weighted by atomic mass is 31.2. The highest BCUT2D eigenvalue weighted by Crippen LogP contribution is 2.44. The molecular weight excluding hydrogens is 426 g/mol. The van der Waals surface area contributed by atoms with Crippen molar-refractivity contribution in [1.29, 1.82) is 0 Å². The molecule has 0 radical (unpaired) electrons. The van der Waals surface area contributed by atoms with Gasteiger partial charge in [-0.25, -0.2) is 18.8 Å². The van der Waals surface area contributed by atoms with Crippen LogP contribution in [0.1, 0.15) is 27.0 Å². The zero-order valence-electron chi connectivity index (χ0n) is 16.9. The van der Waals surface area contributed by atoms with E-state index in [0.29, 0.717) is 0 Å². The number of carbonyl (C=O) groups excluding carboxylic acids is 1. The zero-order valence-corrected chi connectivity index (χ0v) is 17.8. The lowest BCUT2D eigenvalue weighted by Gasteiger charge is -2.25. The standard InChI is InChI=1S/C16H26FN4O8P/c1-8(2)11(13(23)27-4)20-30(25,26)28-7-9-12(22)16(3,17)14(29-9)21-6-5-10(18)19-15(21)24/h5-6,8-9,11-12,14,22H,7H2,1-4H3,(H2,18,19,24)(H2,20,25,26)/t9-,11+,12-,14-,16-/m1/s1. The number of nitrogens with zero attached hydrogens (tertiary/aromatic N) is 2. The Hall–Kier alpha value is -1.89. The molecule has 1 aromatic heterocycles. The SMILES string of the molecule is COC(=O)[C@@H](NP(=O)(O)OC[C@H]1O[C@@H](n2ccc(N)nc2=O)[C@](C)(F)[C@@H]1O)C(C)C. The number of aliphatic hydroxyl groups excluding tert-OH is 1. The molecule has 0 saturated carbocycles. The van der Waals surface area contributed by atoms with Crippen molar-refractivity contribution in [3.8, 4) is 0 Å². The highest BCUT2D eigenvalue weighted by Gasteiger charge is 2.55. The first kappa shape index (κ1) is 24.4. The number of halogens is 1. The third-order valence-corrected chi connectivity index (χ3v) is 5.76. The molecule has 0 spiro atoms. The number of anilines is 1. The Morgan fingerprint density at radius 2 is 2.20 bits per heavy atom. The molecule has 12 nitrogen and oxygen atoms in total. The minimum absolute atomic E-state index is 0.0761. The van der Waals surface area contributed by atoms with E-state index in [0.717, 1.165) is 24.8 Å². The van der Waals surface area contributed by atoms with Gasteiger partial charge < -0.3 is 25.2 Å². The second-order valence-electron chi connectivity index (χ2n) is 7.36. The number of nitrogen functional groups attached to an aromatic ring is 1. The molecule has 5 N–H and O–H groups in total. The first-order chi connectivity index (χ1) is 13.8. The second kappa shape index (κ2) is 9.08. The van der Waals surface area contributed by atoms with Crippen LogP contribution in [-0.2, 0) is 23.4 Å². The number of ether oxygens (including phenoxy) is 2. The summed E-state index contributed by atoms with van der Waals surface area (Å²) in [6.07, 6.45) is -3.61. The van der Waals surface area contributed by atoms with Gasteiger partial charge in [-0.3, -0.25) is 13.9 Å². The number of nitrogens with one attached hydrogen (secondary N) is 1. The Balaban J connectivity index is 2.12. The number of aromatic nitrogens is 2. The summed E-state index contributed by atoms with van der Waals surface area (Å²) in [6, 6.07) is 0.112. The molecule has 0 aliphatic carbocycles. The van der Waals surface area contributed by atoms with Crippen LogP contribution >= 0.6 is 7.75 Å². The molecule has 1 fully saturated rings. The van der Waals surface area contributed by atoms with Gasteiger partial charge in [-0.2, -0.15) is 4.98 Å². The Morgan fingerprint density at radius 1 is 1.57 bits per heavy atom. The topological polar surface area (TPSA) is 175 Å². The van der Waals surface area contributed by atoms with Crippen LogP contribution in [0.5, 0.6) is 0 Å². The smallest absolute Gasteiger partial charge is 0.403 e. The maximum atomic E-state index is 15.1. The first-order valence-corrected chi connectivity index (χ1v) is 10.6. The molecule has 6 atom stereocenters. The summed E-state index contributed by atoms with van der Waals surface area (Å²) < 4.78 is 43.1. The Morgan fingerprint density at radius 3 is 2.73 bits per heavy atom. The van der Waals surface area contributed by atoms with Crippen LogP contribution in [0.4, 0.5) is 10.2 Å². The fourth-order valence-electron chi connectivity index (χ4n) is 2.94. The average molecular weight is 452 g/mol. The van der Waals surface area contributed by atoms with Gasteiger partial charge in [0.05, 0.1) is 13.7 Å². The molecule has 1 aromatic rings. The van der Waals surface area contributed by atoms with Crippen LogP contribution < -0.4 is 16.5 Å². The van der Waals surface area contributed by atoms with E-state index in [1.54, 1.807) is 13.8 Å². The molecule has 1 aliphatic heterocycles. The van der Waals surface area contributed by atoms with Crippen LogP contribution in [-0.4, -0.2) is 63.2 Å². The first-order valence-electron chi connectivity index (χ1n) is 9.00. The molecule has 0 bridgehead atoms. The molecule has 1 saturated heterocycles. The van der Waals surface area contributed by atoms with Gasteiger partial charge in [-0.15, -0.1) is 0 Å². The maximum absolute atomic E-state index is 15.1. The lowest BCUT2D eigenvalue weighted by Crippen LogP contribution is -2.43. The predicted molar refractivity (Wildman–Crippen MR) is 102 cm³/mol. The number of nitrogens with two attached hydrogens (primary N) is 1. The van der Waals surface area contributed by atoms with E-state index in [4.69, 9.17) is 15.0 Å². The number of esters is 1. The van der Waals surface area contributed by atoms with Crippen LogP contribution in [0.25, 0.3) is 0 Å². The predicted octanol–water partition coefficient (Wildman–Crippen LogP) is -0.284. The van der Waals surface area contributed by atoms with Gasteiger partial charge in [0, 0.05) is 6.20 Å². The van der Waals surface area contributed by atoms with E-state index in [2.05, 4.69) is 14.8 Å². The minimum atomic E-state index is -4.56. The Labute approximate surface area is 171 Å². The van der Waals surface area contributed by atoms with Crippen molar-refractivity contribution in [3.63, 3.8) is 0 Å². The van der Waals surface area contributed by atoms with Gasteiger partial charge in [-0.05, 0) is 18.9 Å². The van der Waals surface area contributed by atoms with Crippen molar-refractivity contribution in [2.24, 2.45) is 5.92 Å². The Bertz CT molecular complexity index is 879. The lowest BCUT2D eigenvalue weighted by atomic mass is 9.98. The summed E-state index contributed by atoms with van der Waals surface area (Å²) in [7, 11) is -3.43. The summed E-state index contributed by atoms with van der Waals surface area (Å²) >= 11 is 0. The number of aliphatic hydroxyl groups is 1. The fraction of sp³-hybridized carbons (Fsp3) is 0.688. The van der Waals surface area contributed by atoms with Gasteiger partial charge in [0.15, 0.2) is 11.9 Å². The quantitative estimate of drug-likeness (QED) is 0.301. The van der Waals surface area contributed by atoms with Gasteiger partial charge >= 0.3 is 19.4 Å². The van der Waals surface area contributed by atoms with Gasteiger partial charge in [0.1, 0.15) is 24.1 Å². The van der Waals surface area contributed by atoms with Crippen LogP contribution in [0.2, 0.25) is 0 Å². The molecule has 2 rings (SSSR count). The lowest BCUT2D eigenvalue weighted by molar-refractivity contribution is -0.143. The van der Waals surface area contributed by atoms with Crippen molar-refractivity contribution in [2.45, 2.75) is 50.9 Å². The minimum Gasteiger partial charge on any atom is -0.468 e. The number of methoxy groups -OCH3 is 1. The summed E-state index contributed by atoms with van der Waals surface area (Å²) in [5, 5.41) is 12.4. The number of carbonyl (C=O) groups is 1. The van der Waals surface area contributed by atoms with Crippen LogP contribution in [0, 0.1) is 5.92 Å². The van der Waals surface area contributed by atoms with Crippen LogP contribution in [0.3, 0.4) is 0 Å². The number of alkyl halides is 1. The maximum Gasteiger partial charge on any atom is 0.403 e. The zero-order chi connectivity index (χ0) is 22.9. The van der Waals surface area contributed by atoms with Crippen molar-refractivity contribution in [2.75, 3.05) is 19.5 Å². The number of hydrogen-bond donors (Lipinski definition) is 4. The van der Waals surface area contributed by atoms with Crippen molar-refractivity contribution in [3.05, 3.63) is 22.7 Å². The van der Waals surface area contributed by atoms with E-state index < -0.39 is 62.1 Å². The van der Waals surface area contributed by atoms with E-state index in [9.17, 15) is 24.2 Å². The third-order valence-electron chi connectivity index (χ3n) is 4.66.